The zero-order valence-electron chi connectivity index (χ0n) is 15.2. The molecule has 0 bridgehead atoms. The molecule has 0 aromatic carbocycles. The Bertz CT molecular complexity index is 891. The van der Waals surface area contributed by atoms with Crippen LogP contribution in [0.5, 0.6) is 0 Å². The molecule has 0 aliphatic carbocycles. The maximum absolute atomic E-state index is 9.41. The fraction of sp³-hybridized carbons (Fsp3) is 0.263. The number of pyridine rings is 2. The van der Waals surface area contributed by atoms with Gasteiger partial charge < -0.3 is 21.3 Å². The van der Waals surface area contributed by atoms with Gasteiger partial charge in [-0.2, -0.15) is 5.26 Å². The molecule has 0 unspecified atom stereocenters. The predicted molar refractivity (Wildman–Crippen MR) is 107 cm³/mol. The number of rotatable bonds is 5. The van der Waals surface area contributed by atoms with E-state index in [1.165, 1.54) is 0 Å². The molecule has 0 saturated carbocycles. The molecule has 0 atom stereocenters. The fourth-order valence-corrected chi connectivity index (χ4v) is 2.76. The Hall–Kier alpha value is -3.44. The Morgan fingerprint density at radius 2 is 2.19 bits per heavy atom. The van der Waals surface area contributed by atoms with E-state index in [4.69, 9.17) is 10.7 Å². The molecule has 3 rings (SSSR count). The van der Waals surface area contributed by atoms with Crippen LogP contribution in [-0.4, -0.2) is 49.0 Å². The maximum atomic E-state index is 9.41. The van der Waals surface area contributed by atoms with Gasteiger partial charge in [0, 0.05) is 45.0 Å². The summed E-state index contributed by atoms with van der Waals surface area (Å²) in [6, 6.07) is 9.49. The highest BCUT2D eigenvalue weighted by Gasteiger charge is 2.14. The molecule has 2 aromatic rings. The number of nitrogens with two attached hydrogens (primary N) is 1. The standard InChI is InChI=1S/C19H22N8/c1-22-4-3-17(21)26-18-12-15(2-5-24-18)16-10-14(13-20)11-19(25-16)27-8-6-23-7-9-27/h2-5,10-12,22-23H,6-9H2,1H3,(H2,21,24,26)/b4-3-. The van der Waals surface area contributed by atoms with Crippen molar-refractivity contribution in [3.63, 3.8) is 0 Å². The monoisotopic (exact) mass is 362 g/mol. The molecule has 2 aromatic heterocycles. The van der Waals surface area contributed by atoms with E-state index in [-0.39, 0.29) is 0 Å². The van der Waals surface area contributed by atoms with Crippen molar-refractivity contribution >= 4 is 17.5 Å². The summed E-state index contributed by atoms with van der Waals surface area (Å²) in [4.78, 5) is 15.5. The zero-order valence-corrected chi connectivity index (χ0v) is 15.2. The van der Waals surface area contributed by atoms with Crippen molar-refractivity contribution in [3.8, 4) is 17.3 Å². The van der Waals surface area contributed by atoms with E-state index in [2.05, 4.69) is 31.6 Å². The molecule has 3 heterocycles. The molecule has 1 fully saturated rings. The van der Waals surface area contributed by atoms with Crippen molar-refractivity contribution in [2.75, 3.05) is 38.1 Å². The van der Waals surface area contributed by atoms with Crippen LogP contribution < -0.4 is 21.3 Å². The molecule has 138 valence electrons. The van der Waals surface area contributed by atoms with Gasteiger partial charge in [0.1, 0.15) is 11.7 Å². The van der Waals surface area contributed by atoms with Gasteiger partial charge in [-0.3, -0.25) is 0 Å². The lowest BCUT2D eigenvalue weighted by Crippen LogP contribution is -2.43. The number of aromatic nitrogens is 2. The minimum atomic E-state index is 0.342. The SMILES string of the molecule is CN/C=C\C(N)=Nc1cc(-c2cc(C#N)cc(N3CCNCC3)n2)ccn1. The lowest BCUT2D eigenvalue weighted by Gasteiger charge is -2.28. The predicted octanol–water partition coefficient (Wildman–Crippen LogP) is 1.15. The third-order valence-corrected chi connectivity index (χ3v) is 4.09. The quantitative estimate of drug-likeness (QED) is 0.540. The summed E-state index contributed by atoms with van der Waals surface area (Å²) < 4.78 is 0. The highest BCUT2D eigenvalue weighted by molar-refractivity contribution is 5.93. The van der Waals surface area contributed by atoms with E-state index >= 15 is 0 Å². The van der Waals surface area contributed by atoms with Gasteiger partial charge in [-0.15, -0.1) is 0 Å². The van der Waals surface area contributed by atoms with Crippen molar-refractivity contribution in [2.24, 2.45) is 10.7 Å². The summed E-state index contributed by atoms with van der Waals surface area (Å²) in [6.07, 6.45) is 5.01. The summed E-state index contributed by atoms with van der Waals surface area (Å²) in [7, 11) is 1.78. The molecule has 27 heavy (non-hydrogen) atoms. The molecule has 0 radical (unpaired) electrons. The van der Waals surface area contributed by atoms with Gasteiger partial charge in [0.05, 0.1) is 17.3 Å². The molecule has 1 saturated heterocycles. The summed E-state index contributed by atoms with van der Waals surface area (Å²) in [5.74, 6) is 1.64. The van der Waals surface area contributed by atoms with Gasteiger partial charge in [-0.25, -0.2) is 15.0 Å². The number of piperazine rings is 1. The second-order valence-corrected chi connectivity index (χ2v) is 6.01. The first kappa shape index (κ1) is 18.4. The Labute approximate surface area is 158 Å². The van der Waals surface area contributed by atoms with Crippen molar-refractivity contribution in [1.29, 1.82) is 5.26 Å². The lowest BCUT2D eigenvalue weighted by atomic mass is 10.1. The van der Waals surface area contributed by atoms with E-state index in [0.29, 0.717) is 22.9 Å². The second-order valence-electron chi connectivity index (χ2n) is 6.01. The van der Waals surface area contributed by atoms with E-state index < -0.39 is 0 Å². The average Bonchev–Trinajstić information content (AvgIpc) is 2.72. The summed E-state index contributed by atoms with van der Waals surface area (Å²) >= 11 is 0. The maximum Gasteiger partial charge on any atom is 0.154 e. The summed E-state index contributed by atoms with van der Waals surface area (Å²) in [6.45, 7) is 3.53. The molecule has 1 aliphatic heterocycles. The van der Waals surface area contributed by atoms with E-state index in [1.807, 2.05) is 18.2 Å². The highest BCUT2D eigenvalue weighted by atomic mass is 15.2. The molecule has 1 aliphatic rings. The topological polar surface area (TPSA) is 115 Å². The van der Waals surface area contributed by atoms with E-state index in [0.717, 1.165) is 37.6 Å². The molecular formula is C19H22N8. The van der Waals surface area contributed by atoms with E-state index in [9.17, 15) is 5.26 Å². The zero-order chi connectivity index (χ0) is 19.1. The van der Waals surface area contributed by atoms with Crippen molar-refractivity contribution in [2.45, 2.75) is 0 Å². The minimum Gasteiger partial charge on any atom is -0.394 e. The number of amidine groups is 1. The van der Waals surface area contributed by atoms with Gasteiger partial charge in [0.2, 0.25) is 0 Å². The first-order valence-corrected chi connectivity index (χ1v) is 8.72. The van der Waals surface area contributed by atoms with Crippen LogP contribution in [0.2, 0.25) is 0 Å². The number of hydrogen-bond donors (Lipinski definition) is 3. The highest BCUT2D eigenvalue weighted by Crippen LogP contribution is 2.25. The van der Waals surface area contributed by atoms with Crippen LogP contribution >= 0.6 is 0 Å². The Kier molecular flexibility index (Phi) is 5.97. The van der Waals surface area contributed by atoms with Gasteiger partial charge in [0.25, 0.3) is 0 Å². The molecule has 0 spiro atoms. The number of nitrogens with one attached hydrogen (secondary N) is 2. The Morgan fingerprint density at radius 1 is 1.37 bits per heavy atom. The number of nitrogens with zero attached hydrogens (tertiary/aromatic N) is 5. The van der Waals surface area contributed by atoms with Gasteiger partial charge in [0.15, 0.2) is 5.82 Å². The van der Waals surface area contributed by atoms with Crippen LogP contribution in [0.1, 0.15) is 5.56 Å². The average molecular weight is 362 g/mol. The minimum absolute atomic E-state index is 0.342. The van der Waals surface area contributed by atoms with E-state index in [1.54, 1.807) is 31.6 Å². The Morgan fingerprint density at radius 3 is 2.93 bits per heavy atom. The van der Waals surface area contributed by atoms with Crippen LogP contribution in [0.15, 0.2) is 47.7 Å². The van der Waals surface area contributed by atoms with Crippen LogP contribution in [0.4, 0.5) is 11.6 Å². The van der Waals surface area contributed by atoms with Crippen LogP contribution in [0, 0.1) is 11.3 Å². The van der Waals surface area contributed by atoms with Crippen molar-refractivity contribution in [1.82, 2.24) is 20.6 Å². The first-order valence-electron chi connectivity index (χ1n) is 8.72. The third-order valence-electron chi connectivity index (χ3n) is 4.09. The van der Waals surface area contributed by atoms with Crippen LogP contribution in [-0.2, 0) is 0 Å². The molecule has 8 nitrogen and oxygen atoms in total. The van der Waals surface area contributed by atoms with Crippen molar-refractivity contribution in [3.05, 3.63) is 48.3 Å². The number of nitriles is 1. The Balaban J connectivity index is 1.95. The summed E-state index contributed by atoms with van der Waals surface area (Å²) in [5, 5.41) is 15.6. The second kappa shape index (κ2) is 8.78. The largest absolute Gasteiger partial charge is 0.394 e. The first-order chi connectivity index (χ1) is 13.2. The molecular weight excluding hydrogens is 340 g/mol. The lowest BCUT2D eigenvalue weighted by molar-refractivity contribution is 0.585. The number of aliphatic imine (C=N–C) groups is 1. The van der Waals surface area contributed by atoms with Crippen LogP contribution in [0.3, 0.4) is 0 Å². The van der Waals surface area contributed by atoms with Gasteiger partial charge in [-0.05, 0) is 36.5 Å². The molecule has 8 heteroatoms. The number of hydrogen-bond acceptors (Lipinski definition) is 7. The third kappa shape index (κ3) is 4.80. The van der Waals surface area contributed by atoms with Crippen molar-refractivity contribution < 1.29 is 0 Å². The normalized spacial score (nSPS) is 15.0. The molecule has 4 N–H and O–H groups in total. The number of anilines is 1. The van der Waals surface area contributed by atoms with Gasteiger partial charge in [-0.1, -0.05) is 0 Å². The summed E-state index contributed by atoms with van der Waals surface area (Å²) in [5.41, 5.74) is 7.98. The molecule has 0 amide bonds. The fourth-order valence-electron chi connectivity index (χ4n) is 2.76. The smallest absolute Gasteiger partial charge is 0.154 e. The van der Waals surface area contributed by atoms with Crippen LogP contribution in [0.25, 0.3) is 11.3 Å². The van der Waals surface area contributed by atoms with Gasteiger partial charge >= 0.3 is 0 Å².